The Balaban J connectivity index is 1.57. The molecule has 0 spiro atoms. The van der Waals surface area contributed by atoms with Crippen LogP contribution in [0, 0.1) is 0 Å². The van der Waals surface area contributed by atoms with Crippen molar-refractivity contribution in [3.05, 3.63) is 101 Å². The van der Waals surface area contributed by atoms with Gasteiger partial charge in [-0.15, -0.1) is 0 Å². The van der Waals surface area contributed by atoms with Gasteiger partial charge < -0.3 is 5.32 Å². The number of fused-ring (bicyclic) bond motifs is 4. The Morgan fingerprint density at radius 2 is 1.60 bits per heavy atom. The van der Waals surface area contributed by atoms with E-state index in [1.807, 2.05) is 60.7 Å². The molecule has 0 saturated carbocycles. The molecule has 2 heterocycles. The SMILES string of the molecule is O=C(Nc1ccc2c(c1)nc1c3cccc4cccc(c(=O)n21)c43)c1ccccc1. The van der Waals surface area contributed by atoms with Crippen LogP contribution in [0.2, 0.25) is 0 Å². The molecule has 0 saturated heterocycles. The van der Waals surface area contributed by atoms with Crippen LogP contribution in [0.1, 0.15) is 10.4 Å². The lowest BCUT2D eigenvalue weighted by atomic mass is 10.0. The van der Waals surface area contributed by atoms with E-state index in [0.29, 0.717) is 27.8 Å². The molecule has 0 bridgehead atoms. The number of benzene rings is 4. The molecule has 142 valence electrons. The molecule has 1 amide bonds. The number of rotatable bonds is 2. The molecule has 5 heteroatoms. The molecule has 2 aromatic heterocycles. The highest BCUT2D eigenvalue weighted by Gasteiger charge is 2.16. The Hall–Kier alpha value is -4.25. The van der Waals surface area contributed by atoms with Crippen molar-refractivity contribution in [3.63, 3.8) is 0 Å². The van der Waals surface area contributed by atoms with Crippen molar-refractivity contribution in [1.29, 1.82) is 0 Å². The maximum Gasteiger partial charge on any atom is 0.264 e. The summed E-state index contributed by atoms with van der Waals surface area (Å²) >= 11 is 0. The monoisotopic (exact) mass is 389 g/mol. The van der Waals surface area contributed by atoms with Gasteiger partial charge in [-0.3, -0.25) is 14.0 Å². The molecule has 0 atom stereocenters. The summed E-state index contributed by atoms with van der Waals surface area (Å²) in [6, 6.07) is 26.2. The van der Waals surface area contributed by atoms with Crippen LogP contribution in [0.3, 0.4) is 0 Å². The minimum absolute atomic E-state index is 0.0853. The number of imidazole rings is 1. The molecule has 30 heavy (non-hydrogen) atoms. The predicted octanol–water partition coefficient (Wildman–Crippen LogP) is 4.84. The van der Waals surface area contributed by atoms with Gasteiger partial charge in [0.05, 0.1) is 11.0 Å². The Labute approximate surface area is 170 Å². The zero-order valence-electron chi connectivity index (χ0n) is 15.8. The second-order valence-electron chi connectivity index (χ2n) is 7.31. The molecule has 0 fully saturated rings. The molecular weight excluding hydrogens is 374 g/mol. The first-order chi connectivity index (χ1) is 14.7. The van der Waals surface area contributed by atoms with E-state index >= 15 is 0 Å². The summed E-state index contributed by atoms with van der Waals surface area (Å²) in [5, 5.41) is 6.48. The summed E-state index contributed by atoms with van der Waals surface area (Å²) in [6.07, 6.45) is 0. The third-order valence-electron chi connectivity index (χ3n) is 5.53. The Kier molecular flexibility index (Phi) is 3.40. The van der Waals surface area contributed by atoms with Crippen LogP contribution in [0.5, 0.6) is 0 Å². The summed E-state index contributed by atoms with van der Waals surface area (Å²) in [5.41, 5.74) is 3.14. The molecule has 6 rings (SSSR count). The van der Waals surface area contributed by atoms with E-state index < -0.39 is 0 Å². The smallest absolute Gasteiger partial charge is 0.264 e. The highest BCUT2D eigenvalue weighted by Crippen LogP contribution is 2.30. The fourth-order valence-electron chi connectivity index (χ4n) is 4.16. The van der Waals surface area contributed by atoms with Gasteiger partial charge in [0, 0.05) is 27.4 Å². The first-order valence-electron chi connectivity index (χ1n) is 9.66. The van der Waals surface area contributed by atoms with Crippen molar-refractivity contribution in [3.8, 4) is 0 Å². The lowest BCUT2D eigenvalue weighted by Gasteiger charge is -2.07. The average molecular weight is 389 g/mol. The molecule has 0 unspecified atom stereocenters. The molecule has 4 aromatic carbocycles. The van der Waals surface area contributed by atoms with Crippen LogP contribution in [0.25, 0.3) is 38.2 Å². The van der Waals surface area contributed by atoms with Crippen LogP contribution in [0.15, 0.2) is 89.7 Å². The second kappa shape index (κ2) is 6.12. The Morgan fingerprint density at radius 1 is 0.833 bits per heavy atom. The standard InChI is InChI=1S/C25H15N3O2/c29-24(16-6-2-1-3-7-16)26-17-12-13-21-20(14-17)27-23-18-10-4-8-15-9-5-11-19(22(15)18)25(30)28(21)23/h1-14H,(H,26,29). The number of anilines is 1. The van der Waals surface area contributed by atoms with Crippen molar-refractivity contribution in [2.45, 2.75) is 0 Å². The van der Waals surface area contributed by atoms with Crippen LogP contribution in [-0.4, -0.2) is 15.3 Å². The van der Waals surface area contributed by atoms with Crippen molar-refractivity contribution in [1.82, 2.24) is 9.38 Å². The number of carbonyl (C=O) groups excluding carboxylic acids is 1. The van der Waals surface area contributed by atoms with E-state index in [4.69, 9.17) is 4.98 Å². The number of aromatic nitrogens is 2. The highest BCUT2D eigenvalue weighted by molar-refractivity contribution is 6.15. The maximum atomic E-state index is 13.3. The summed E-state index contributed by atoms with van der Waals surface area (Å²) in [6.45, 7) is 0. The largest absolute Gasteiger partial charge is 0.322 e. The number of carbonyl (C=O) groups is 1. The zero-order valence-corrected chi connectivity index (χ0v) is 15.8. The van der Waals surface area contributed by atoms with Gasteiger partial charge in [-0.05, 0) is 41.8 Å². The van der Waals surface area contributed by atoms with E-state index in [9.17, 15) is 9.59 Å². The van der Waals surface area contributed by atoms with Gasteiger partial charge in [0.2, 0.25) is 0 Å². The first-order valence-corrected chi connectivity index (χ1v) is 9.66. The van der Waals surface area contributed by atoms with Crippen LogP contribution in [0.4, 0.5) is 5.69 Å². The van der Waals surface area contributed by atoms with Crippen molar-refractivity contribution >= 4 is 49.8 Å². The van der Waals surface area contributed by atoms with Crippen LogP contribution >= 0.6 is 0 Å². The first kappa shape index (κ1) is 16.7. The Bertz CT molecular complexity index is 1650. The molecule has 5 nitrogen and oxygen atoms in total. The average Bonchev–Trinajstić information content (AvgIpc) is 3.17. The van der Waals surface area contributed by atoms with Gasteiger partial charge in [-0.2, -0.15) is 0 Å². The van der Waals surface area contributed by atoms with Gasteiger partial charge in [0.15, 0.2) is 0 Å². The fourth-order valence-corrected chi connectivity index (χ4v) is 4.16. The van der Waals surface area contributed by atoms with Gasteiger partial charge in [0.25, 0.3) is 11.5 Å². The van der Waals surface area contributed by atoms with Crippen LogP contribution < -0.4 is 10.9 Å². The van der Waals surface area contributed by atoms with E-state index in [-0.39, 0.29) is 11.5 Å². The van der Waals surface area contributed by atoms with Gasteiger partial charge in [-0.1, -0.05) is 48.5 Å². The highest BCUT2D eigenvalue weighted by atomic mass is 16.1. The Morgan fingerprint density at radius 3 is 2.40 bits per heavy atom. The van der Waals surface area contributed by atoms with E-state index in [0.717, 1.165) is 21.7 Å². The van der Waals surface area contributed by atoms with Crippen molar-refractivity contribution in [2.24, 2.45) is 0 Å². The van der Waals surface area contributed by atoms with E-state index in [1.54, 1.807) is 28.7 Å². The zero-order chi connectivity index (χ0) is 20.2. The summed E-state index contributed by atoms with van der Waals surface area (Å²) < 4.78 is 1.66. The number of hydrogen-bond donors (Lipinski definition) is 1. The lowest BCUT2D eigenvalue weighted by Crippen LogP contribution is -2.13. The van der Waals surface area contributed by atoms with E-state index in [2.05, 4.69) is 5.32 Å². The lowest BCUT2D eigenvalue weighted by molar-refractivity contribution is 0.102. The topological polar surface area (TPSA) is 63.5 Å². The predicted molar refractivity (Wildman–Crippen MR) is 120 cm³/mol. The van der Waals surface area contributed by atoms with Gasteiger partial charge in [-0.25, -0.2) is 4.98 Å². The molecular formula is C25H15N3O2. The van der Waals surface area contributed by atoms with Crippen molar-refractivity contribution in [2.75, 3.05) is 5.32 Å². The number of nitrogens with one attached hydrogen (secondary N) is 1. The van der Waals surface area contributed by atoms with Gasteiger partial charge >= 0.3 is 0 Å². The number of hydrogen-bond acceptors (Lipinski definition) is 3. The normalized spacial score (nSPS) is 11.6. The number of amides is 1. The van der Waals surface area contributed by atoms with Crippen LogP contribution in [-0.2, 0) is 0 Å². The molecule has 0 radical (unpaired) electrons. The second-order valence-corrected chi connectivity index (χ2v) is 7.31. The van der Waals surface area contributed by atoms with Gasteiger partial charge in [0.1, 0.15) is 5.65 Å². The summed E-state index contributed by atoms with van der Waals surface area (Å²) in [4.78, 5) is 30.5. The summed E-state index contributed by atoms with van der Waals surface area (Å²) in [5.74, 6) is -0.188. The molecule has 1 N–H and O–H groups in total. The third kappa shape index (κ3) is 2.32. The fraction of sp³-hybridized carbons (Fsp3) is 0. The molecule has 0 aliphatic heterocycles. The molecule has 0 aliphatic rings. The minimum Gasteiger partial charge on any atom is -0.322 e. The number of pyridine rings is 1. The maximum absolute atomic E-state index is 13.3. The van der Waals surface area contributed by atoms with Crippen molar-refractivity contribution < 1.29 is 4.79 Å². The number of nitrogens with zero attached hydrogens (tertiary/aromatic N) is 2. The summed E-state index contributed by atoms with van der Waals surface area (Å²) in [7, 11) is 0. The molecule has 0 aliphatic carbocycles. The molecule has 6 aromatic rings. The quantitative estimate of drug-likeness (QED) is 0.461. The third-order valence-corrected chi connectivity index (χ3v) is 5.53. The minimum atomic E-state index is -0.188. The van der Waals surface area contributed by atoms with E-state index in [1.165, 1.54) is 0 Å².